The van der Waals surface area contributed by atoms with Crippen molar-refractivity contribution < 1.29 is 0 Å². The van der Waals surface area contributed by atoms with Crippen LogP contribution in [0.5, 0.6) is 0 Å². The smallest absolute Gasteiger partial charge is 0.0945 e. The molecule has 4 nitrogen and oxygen atoms in total. The highest BCUT2D eigenvalue weighted by Gasteiger charge is 2.35. The van der Waals surface area contributed by atoms with Crippen LogP contribution in [0.25, 0.3) is 0 Å². The van der Waals surface area contributed by atoms with Gasteiger partial charge in [-0.05, 0) is 45.1 Å². The van der Waals surface area contributed by atoms with Crippen LogP contribution in [0, 0.1) is 0 Å². The first-order chi connectivity index (χ1) is 9.85. The van der Waals surface area contributed by atoms with E-state index in [-0.39, 0.29) is 0 Å². The van der Waals surface area contributed by atoms with Gasteiger partial charge in [0.05, 0.1) is 6.33 Å². The summed E-state index contributed by atoms with van der Waals surface area (Å²) in [6, 6.07) is 2.41. The Labute approximate surface area is 122 Å². The maximum Gasteiger partial charge on any atom is 0.0945 e. The van der Waals surface area contributed by atoms with Crippen LogP contribution in [0.15, 0.2) is 18.7 Å². The second-order valence-corrected chi connectivity index (χ2v) is 6.45. The first-order valence-corrected chi connectivity index (χ1v) is 8.31. The van der Waals surface area contributed by atoms with E-state index in [4.69, 9.17) is 0 Å². The summed E-state index contributed by atoms with van der Waals surface area (Å²) in [5.41, 5.74) is 0. The summed E-state index contributed by atoms with van der Waals surface area (Å²) in [6.45, 7) is 5.89. The van der Waals surface area contributed by atoms with E-state index < -0.39 is 0 Å². The van der Waals surface area contributed by atoms with Crippen LogP contribution in [0.4, 0.5) is 0 Å². The van der Waals surface area contributed by atoms with Crippen LogP contribution in [-0.4, -0.2) is 45.7 Å². The zero-order chi connectivity index (χ0) is 13.8. The SMILES string of the molecule is CCCN(CCCn1ccnc1)C1CC2CCC(C1)N2. The second-order valence-electron chi connectivity index (χ2n) is 6.45. The number of aromatic nitrogens is 2. The summed E-state index contributed by atoms with van der Waals surface area (Å²) in [5.74, 6) is 0. The first-order valence-electron chi connectivity index (χ1n) is 8.31. The molecule has 4 heteroatoms. The van der Waals surface area contributed by atoms with Crippen molar-refractivity contribution in [1.29, 1.82) is 0 Å². The lowest BCUT2D eigenvalue weighted by molar-refractivity contribution is 0.138. The van der Waals surface area contributed by atoms with E-state index in [1.54, 1.807) is 0 Å². The van der Waals surface area contributed by atoms with Crippen LogP contribution in [0.2, 0.25) is 0 Å². The molecule has 1 N–H and O–H groups in total. The van der Waals surface area contributed by atoms with Gasteiger partial charge in [0.25, 0.3) is 0 Å². The topological polar surface area (TPSA) is 33.1 Å². The highest BCUT2D eigenvalue weighted by Crippen LogP contribution is 2.29. The lowest BCUT2D eigenvalue weighted by Gasteiger charge is -2.37. The molecule has 2 aliphatic heterocycles. The predicted molar refractivity (Wildman–Crippen MR) is 81.7 cm³/mol. The molecule has 112 valence electrons. The molecule has 2 aliphatic rings. The van der Waals surface area contributed by atoms with Gasteiger partial charge in [0.15, 0.2) is 0 Å². The Kier molecular flexibility index (Phi) is 4.73. The summed E-state index contributed by atoms with van der Waals surface area (Å²) in [5, 5.41) is 3.76. The Morgan fingerprint density at radius 3 is 2.70 bits per heavy atom. The summed E-state index contributed by atoms with van der Waals surface area (Å²) in [4.78, 5) is 6.87. The largest absolute Gasteiger partial charge is 0.337 e. The van der Waals surface area contributed by atoms with Crippen molar-refractivity contribution in [2.75, 3.05) is 13.1 Å². The monoisotopic (exact) mass is 276 g/mol. The quantitative estimate of drug-likeness (QED) is 0.829. The van der Waals surface area contributed by atoms with Crippen LogP contribution < -0.4 is 5.32 Å². The highest BCUT2D eigenvalue weighted by atomic mass is 15.2. The fourth-order valence-corrected chi connectivity index (χ4v) is 3.96. The zero-order valence-electron chi connectivity index (χ0n) is 12.7. The zero-order valence-corrected chi connectivity index (χ0v) is 12.7. The van der Waals surface area contributed by atoms with E-state index in [2.05, 4.69) is 32.9 Å². The number of hydrogen-bond donors (Lipinski definition) is 1. The van der Waals surface area contributed by atoms with Gasteiger partial charge in [0.1, 0.15) is 0 Å². The van der Waals surface area contributed by atoms with Crippen molar-refractivity contribution in [3.05, 3.63) is 18.7 Å². The summed E-state index contributed by atoms with van der Waals surface area (Å²) < 4.78 is 2.19. The van der Waals surface area contributed by atoms with Crippen molar-refractivity contribution in [2.24, 2.45) is 0 Å². The van der Waals surface area contributed by atoms with Gasteiger partial charge in [0, 0.05) is 43.6 Å². The molecule has 2 atom stereocenters. The van der Waals surface area contributed by atoms with E-state index in [1.165, 1.54) is 51.6 Å². The standard InChI is InChI=1S/C16H28N4/c1-2-7-20(9-3-8-19-10-6-17-13-19)16-11-14-4-5-15(12-16)18-14/h6,10,13-16,18H,2-5,7-9,11-12H2,1H3. The van der Waals surface area contributed by atoms with Gasteiger partial charge in [-0.3, -0.25) is 0 Å². The molecule has 1 aromatic rings. The van der Waals surface area contributed by atoms with Crippen molar-refractivity contribution in [3.8, 4) is 0 Å². The summed E-state index contributed by atoms with van der Waals surface area (Å²) >= 11 is 0. The lowest BCUT2D eigenvalue weighted by Crippen LogP contribution is -2.48. The normalized spacial score (nSPS) is 29.2. The molecule has 20 heavy (non-hydrogen) atoms. The van der Waals surface area contributed by atoms with Crippen LogP contribution in [0.1, 0.15) is 45.4 Å². The molecule has 0 spiro atoms. The van der Waals surface area contributed by atoms with E-state index in [0.29, 0.717) is 0 Å². The fraction of sp³-hybridized carbons (Fsp3) is 0.812. The molecule has 0 saturated carbocycles. The number of aryl methyl sites for hydroxylation is 1. The molecular weight excluding hydrogens is 248 g/mol. The summed E-state index contributed by atoms with van der Waals surface area (Å²) in [6.07, 6.45) is 13.9. The molecule has 3 rings (SSSR count). The van der Waals surface area contributed by atoms with Crippen LogP contribution in [-0.2, 0) is 6.54 Å². The Hall–Kier alpha value is -0.870. The van der Waals surface area contributed by atoms with E-state index in [1.807, 2.05) is 12.5 Å². The van der Waals surface area contributed by atoms with Gasteiger partial charge in [-0.1, -0.05) is 6.92 Å². The average Bonchev–Trinajstić information content (AvgIpc) is 3.08. The Balaban J connectivity index is 1.49. The minimum absolute atomic E-state index is 0.798. The third kappa shape index (κ3) is 3.41. The van der Waals surface area contributed by atoms with Crippen molar-refractivity contribution in [1.82, 2.24) is 19.8 Å². The number of nitrogens with zero attached hydrogens (tertiary/aromatic N) is 3. The molecule has 2 saturated heterocycles. The predicted octanol–water partition coefficient (Wildman–Crippen LogP) is 2.27. The van der Waals surface area contributed by atoms with Crippen LogP contribution in [0.3, 0.4) is 0 Å². The third-order valence-corrected chi connectivity index (χ3v) is 4.90. The molecule has 0 aromatic carbocycles. The number of fused-ring (bicyclic) bond motifs is 2. The number of piperidine rings is 1. The van der Waals surface area contributed by atoms with E-state index in [0.717, 1.165) is 24.7 Å². The van der Waals surface area contributed by atoms with Gasteiger partial charge in [0.2, 0.25) is 0 Å². The van der Waals surface area contributed by atoms with Gasteiger partial charge in [-0.25, -0.2) is 4.98 Å². The second kappa shape index (κ2) is 6.72. The number of imidazole rings is 1. The van der Waals surface area contributed by atoms with Gasteiger partial charge >= 0.3 is 0 Å². The molecular formula is C16H28N4. The fourth-order valence-electron chi connectivity index (χ4n) is 3.96. The molecule has 0 radical (unpaired) electrons. The van der Waals surface area contributed by atoms with Gasteiger partial charge in [-0.2, -0.15) is 0 Å². The minimum Gasteiger partial charge on any atom is -0.337 e. The van der Waals surface area contributed by atoms with Crippen LogP contribution >= 0.6 is 0 Å². The maximum atomic E-state index is 4.12. The Morgan fingerprint density at radius 1 is 1.25 bits per heavy atom. The molecule has 3 heterocycles. The highest BCUT2D eigenvalue weighted by molar-refractivity contribution is 4.95. The number of nitrogens with one attached hydrogen (secondary N) is 1. The number of hydrogen-bond acceptors (Lipinski definition) is 3. The molecule has 1 aromatic heterocycles. The molecule has 2 bridgehead atoms. The Bertz CT molecular complexity index is 377. The molecule has 2 unspecified atom stereocenters. The average molecular weight is 276 g/mol. The lowest BCUT2D eigenvalue weighted by atomic mass is 9.97. The van der Waals surface area contributed by atoms with Crippen molar-refractivity contribution in [3.63, 3.8) is 0 Å². The maximum absolute atomic E-state index is 4.12. The van der Waals surface area contributed by atoms with E-state index >= 15 is 0 Å². The van der Waals surface area contributed by atoms with Gasteiger partial charge in [-0.15, -0.1) is 0 Å². The first kappa shape index (κ1) is 14.1. The Morgan fingerprint density at radius 2 is 2.05 bits per heavy atom. The third-order valence-electron chi connectivity index (χ3n) is 4.90. The molecule has 0 aliphatic carbocycles. The van der Waals surface area contributed by atoms with Crippen molar-refractivity contribution >= 4 is 0 Å². The van der Waals surface area contributed by atoms with Gasteiger partial charge < -0.3 is 14.8 Å². The molecule has 0 amide bonds. The van der Waals surface area contributed by atoms with E-state index in [9.17, 15) is 0 Å². The van der Waals surface area contributed by atoms with Crippen molar-refractivity contribution in [2.45, 2.75) is 70.1 Å². The minimum atomic E-state index is 0.798. The summed E-state index contributed by atoms with van der Waals surface area (Å²) in [7, 11) is 0. The number of rotatable bonds is 7. The molecule has 2 fully saturated rings.